The van der Waals surface area contributed by atoms with E-state index in [9.17, 15) is 13.6 Å². The van der Waals surface area contributed by atoms with Crippen molar-refractivity contribution in [3.63, 3.8) is 0 Å². The Morgan fingerprint density at radius 2 is 1.58 bits per heavy atom. The summed E-state index contributed by atoms with van der Waals surface area (Å²) in [5.41, 5.74) is 1.28. The van der Waals surface area contributed by atoms with Crippen LogP contribution >= 0.6 is 0 Å². The van der Waals surface area contributed by atoms with Gasteiger partial charge in [-0.25, -0.2) is 0 Å². The number of anilines is 2. The fraction of sp³-hybridized carbons (Fsp3) is 0.235. The van der Waals surface area contributed by atoms with Gasteiger partial charge in [0.15, 0.2) is 0 Å². The van der Waals surface area contributed by atoms with Gasteiger partial charge >= 0.3 is 6.61 Å². The van der Waals surface area contributed by atoms with Crippen LogP contribution in [0.4, 0.5) is 20.2 Å². The van der Waals surface area contributed by atoms with E-state index in [1.165, 1.54) is 24.3 Å². The highest BCUT2D eigenvalue weighted by Gasteiger charge is 2.06. The van der Waals surface area contributed by atoms with E-state index in [-0.39, 0.29) is 18.2 Å². The van der Waals surface area contributed by atoms with Gasteiger partial charge < -0.3 is 20.1 Å². The van der Waals surface area contributed by atoms with Crippen molar-refractivity contribution < 1.29 is 23.0 Å². The minimum Gasteiger partial charge on any atom is -0.494 e. The summed E-state index contributed by atoms with van der Waals surface area (Å²) in [5, 5.41) is 5.64. The van der Waals surface area contributed by atoms with Crippen LogP contribution in [0.15, 0.2) is 48.5 Å². The first kappa shape index (κ1) is 17.5. The first-order chi connectivity index (χ1) is 11.6. The number of rotatable bonds is 8. The van der Waals surface area contributed by atoms with E-state index in [0.29, 0.717) is 12.3 Å². The summed E-state index contributed by atoms with van der Waals surface area (Å²) in [6.07, 6.45) is 0. The normalized spacial score (nSPS) is 10.3. The first-order valence-electron chi connectivity index (χ1n) is 7.38. The summed E-state index contributed by atoms with van der Waals surface area (Å²) in [5.74, 6) is 0.542. The lowest BCUT2D eigenvalue weighted by Gasteiger charge is -2.09. The monoisotopic (exact) mass is 336 g/mol. The number of hydrogen-bond donors (Lipinski definition) is 2. The number of carbonyl (C=O) groups is 1. The zero-order valence-electron chi connectivity index (χ0n) is 13.1. The minimum atomic E-state index is -2.87. The van der Waals surface area contributed by atoms with Gasteiger partial charge in [0.2, 0.25) is 5.91 Å². The topological polar surface area (TPSA) is 59.6 Å². The van der Waals surface area contributed by atoms with Gasteiger partial charge in [0.05, 0.1) is 13.2 Å². The lowest BCUT2D eigenvalue weighted by Crippen LogP contribution is -2.21. The van der Waals surface area contributed by atoms with Crippen molar-refractivity contribution in [3.05, 3.63) is 48.5 Å². The molecule has 2 aromatic carbocycles. The second-order valence-electron chi connectivity index (χ2n) is 4.76. The average molecular weight is 336 g/mol. The zero-order chi connectivity index (χ0) is 17.4. The van der Waals surface area contributed by atoms with Gasteiger partial charge in [-0.2, -0.15) is 8.78 Å². The number of amides is 1. The number of alkyl halides is 2. The predicted octanol–water partition coefficient (Wildman–Crippen LogP) is 3.74. The molecule has 0 aliphatic rings. The smallest absolute Gasteiger partial charge is 0.387 e. The molecule has 1 amide bonds. The van der Waals surface area contributed by atoms with Gasteiger partial charge in [0.25, 0.3) is 0 Å². The van der Waals surface area contributed by atoms with E-state index in [2.05, 4.69) is 15.4 Å². The molecule has 0 saturated carbocycles. The molecule has 0 bridgehead atoms. The maximum Gasteiger partial charge on any atom is 0.387 e. The van der Waals surface area contributed by atoms with Gasteiger partial charge in [0, 0.05) is 11.4 Å². The molecule has 0 aliphatic heterocycles. The van der Waals surface area contributed by atoms with Crippen LogP contribution < -0.4 is 20.1 Å². The highest BCUT2D eigenvalue weighted by atomic mass is 19.3. The molecular weight excluding hydrogens is 318 g/mol. The van der Waals surface area contributed by atoms with Crippen LogP contribution in [0, 0.1) is 0 Å². The fourth-order valence-electron chi connectivity index (χ4n) is 1.94. The summed E-state index contributed by atoms with van der Waals surface area (Å²) >= 11 is 0. The van der Waals surface area contributed by atoms with Crippen molar-refractivity contribution in [2.24, 2.45) is 0 Å². The van der Waals surface area contributed by atoms with Crippen LogP contribution in [0.3, 0.4) is 0 Å². The molecule has 2 rings (SSSR count). The molecular formula is C17H18F2N2O3. The Balaban J connectivity index is 1.80. The zero-order valence-corrected chi connectivity index (χ0v) is 13.1. The molecule has 7 heteroatoms. The van der Waals surface area contributed by atoms with E-state index >= 15 is 0 Å². The number of hydrogen-bond acceptors (Lipinski definition) is 4. The highest BCUT2D eigenvalue weighted by Crippen LogP contribution is 2.18. The van der Waals surface area contributed by atoms with E-state index in [0.717, 1.165) is 11.4 Å². The predicted molar refractivity (Wildman–Crippen MR) is 87.8 cm³/mol. The summed E-state index contributed by atoms with van der Waals surface area (Å²) in [6.45, 7) is -0.300. The average Bonchev–Trinajstić information content (AvgIpc) is 2.56. The van der Waals surface area contributed by atoms with Crippen molar-refractivity contribution in [1.29, 1.82) is 0 Å². The second-order valence-corrected chi connectivity index (χ2v) is 4.76. The van der Waals surface area contributed by atoms with Gasteiger partial charge in [-0.1, -0.05) is 0 Å². The van der Waals surface area contributed by atoms with Gasteiger partial charge in [-0.05, 0) is 55.5 Å². The second kappa shape index (κ2) is 8.71. The third-order valence-electron chi connectivity index (χ3n) is 2.98. The molecule has 2 aromatic rings. The molecule has 0 unspecified atom stereocenters. The Labute approximate surface area is 138 Å². The Morgan fingerprint density at radius 3 is 2.17 bits per heavy atom. The van der Waals surface area contributed by atoms with Crippen LogP contribution in [0.1, 0.15) is 6.92 Å². The molecule has 2 N–H and O–H groups in total. The third kappa shape index (κ3) is 5.75. The minimum absolute atomic E-state index is 0.0375. The largest absolute Gasteiger partial charge is 0.494 e. The van der Waals surface area contributed by atoms with Crippen molar-refractivity contribution >= 4 is 17.3 Å². The van der Waals surface area contributed by atoms with Gasteiger partial charge in [-0.3, -0.25) is 4.79 Å². The SMILES string of the molecule is CCOc1ccc(NCC(=O)Nc2ccc(OC(F)F)cc2)cc1. The third-order valence-corrected chi connectivity index (χ3v) is 2.98. The van der Waals surface area contributed by atoms with Crippen LogP contribution in [0.5, 0.6) is 11.5 Å². The van der Waals surface area contributed by atoms with Crippen LogP contribution in [-0.4, -0.2) is 25.7 Å². The maximum absolute atomic E-state index is 12.1. The molecule has 24 heavy (non-hydrogen) atoms. The standard InChI is InChI=1S/C17H18F2N2O3/c1-2-23-14-7-3-12(4-8-14)20-11-16(22)21-13-5-9-15(10-6-13)24-17(18)19/h3-10,17,20H,2,11H2,1H3,(H,21,22). The van der Waals surface area contributed by atoms with E-state index in [1.807, 2.05) is 31.2 Å². The number of nitrogens with one attached hydrogen (secondary N) is 2. The molecule has 0 spiro atoms. The molecule has 0 saturated heterocycles. The Hall–Kier alpha value is -2.83. The Morgan fingerprint density at radius 1 is 1.00 bits per heavy atom. The van der Waals surface area contributed by atoms with E-state index in [4.69, 9.17) is 4.74 Å². The summed E-state index contributed by atoms with van der Waals surface area (Å²) < 4.78 is 33.7. The highest BCUT2D eigenvalue weighted by molar-refractivity contribution is 5.93. The molecule has 0 heterocycles. The molecule has 0 radical (unpaired) electrons. The number of carbonyl (C=O) groups excluding carboxylic acids is 1. The molecule has 0 fully saturated rings. The van der Waals surface area contributed by atoms with Gasteiger partial charge in [-0.15, -0.1) is 0 Å². The first-order valence-corrected chi connectivity index (χ1v) is 7.38. The number of ether oxygens (including phenoxy) is 2. The van der Waals surface area contributed by atoms with Gasteiger partial charge in [0.1, 0.15) is 11.5 Å². The van der Waals surface area contributed by atoms with Crippen LogP contribution in [-0.2, 0) is 4.79 Å². The maximum atomic E-state index is 12.1. The number of benzene rings is 2. The van der Waals surface area contributed by atoms with E-state index in [1.54, 1.807) is 0 Å². The van der Waals surface area contributed by atoms with Crippen molar-refractivity contribution in [2.45, 2.75) is 13.5 Å². The Kier molecular flexibility index (Phi) is 6.36. The molecule has 0 atom stereocenters. The van der Waals surface area contributed by atoms with Crippen molar-refractivity contribution in [3.8, 4) is 11.5 Å². The molecule has 0 aromatic heterocycles. The van der Waals surface area contributed by atoms with Crippen LogP contribution in [0.25, 0.3) is 0 Å². The summed E-state index contributed by atoms with van der Waals surface area (Å²) in [7, 11) is 0. The van der Waals surface area contributed by atoms with Crippen molar-refractivity contribution in [2.75, 3.05) is 23.8 Å². The fourth-order valence-corrected chi connectivity index (χ4v) is 1.94. The summed E-state index contributed by atoms with van der Waals surface area (Å²) in [6, 6.07) is 13.0. The molecule has 0 aliphatic carbocycles. The number of halogens is 2. The van der Waals surface area contributed by atoms with Crippen LogP contribution in [0.2, 0.25) is 0 Å². The molecule has 5 nitrogen and oxygen atoms in total. The molecule has 128 valence electrons. The summed E-state index contributed by atoms with van der Waals surface area (Å²) in [4.78, 5) is 11.9. The lowest BCUT2D eigenvalue weighted by molar-refractivity contribution is -0.114. The quantitative estimate of drug-likeness (QED) is 0.771. The lowest BCUT2D eigenvalue weighted by atomic mass is 10.3. The van der Waals surface area contributed by atoms with E-state index < -0.39 is 6.61 Å². The van der Waals surface area contributed by atoms with Crippen molar-refractivity contribution in [1.82, 2.24) is 0 Å². The Bertz CT molecular complexity index is 646.